The fourth-order valence-corrected chi connectivity index (χ4v) is 7.25. The molecule has 1 saturated heterocycles. The summed E-state index contributed by atoms with van der Waals surface area (Å²) >= 11 is 13.3. The summed E-state index contributed by atoms with van der Waals surface area (Å²) in [6.45, 7) is 3.54. The molecule has 1 aliphatic heterocycles. The molecule has 0 bridgehead atoms. The van der Waals surface area contributed by atoms with Crippen molar-refractivity contribution < 1.29 is 19.4 Å². The second-order valence-corrected chi connectivity index (χ2v) is 12.5. The summed E-state index contributed by atoms with van der Waals surface area (Å²) in [5, 5.41) is 14.8. The normalized spacial score (nSPS) is 13.4. The molecular formula is C39H34Cl2N2O4. The number of ether oxygens (including phenoxy) is 2. The van der Waals surface area contributed by atoms with Crippen molar-refractivity contribution in [1.82, 2.24) is 4.57 Å². The highest BCUT2D eigenvalue weighted by Gasteiger charge is 2.27. The molecule has 5 aromatic carbocycles. The maximum absolute atomic E-state index is 13.2. The predicted octanol–water partition coefficient (Wildman–Crippen LogP) is 9.36. The standard InChI is InChI=1S/C39H34Cl2N2O4/c40-33-16-7-17-34(41)32(33)25-43-37-29(28-12-3-4-18-35(28)42-20-23-46-24-21-42)13-6-14-30(37)31(38(43)39(44)45)15-8-22-47-36-19-5-10-26-9-1-2-11-27(26)36/h1-7,9-14,16-19H,8,15,20-25H2,(H,44,45). The molecular weight excluding hydrogens is 631 g/mol. The van der Waals surface area contributed by atoms with Crippen molar-refractivity contribution in [3.05, 3.63) is 130 Å². The van der Waals surface area contributed by atoms with Crippen molar-refractivity contribution in [2.45, 2.75) is 19.4 Å². The third-order valence-electron chi connectivity index (χ3n) is 8.89. The van der Waals surface area contributed by atoms with Gasteiger partial charge in [0.1, 0.15) is 11.4 Å². The zero-order valence-corrected chi connectivity index (χ0v) is 27.3. The average Bonchev–Trinajstić information content (AvgIpc) is 3.42. The Balaban J connectivity index is 1.33. The Labute approximate surface area is 283 Å². The first-order chi connectivity index (χ1) is 23.0. The Bertz CT molecular complexity index is 2060. The summed E-state index contributed by atoms with van der Waals surface area (Å²) in [5.74, 6) is -0.180. The van der Waals surface area contributed by atoms with Crippen molar-refractivity contribution >= 4 is 56.5 Å². The quantitative estimate of drug-likeness (QED) is 0.148. The Morgan fingerprint density at radius 3 is 2.23 bits per heavy atom. The molecule has 2 heterocycles. The Kier molecular flexibility index (Phi) is 9.07. The van der Waals surface area contributed by atoms with Gasteiger partial charge < -0.3 is 24.0 Å². The minimum Gasteiger partial charge on any atom is -0.493 e. The van der Waals surface area contributed by atoms with Crippen LogP contribution in [0.1, 0.15) is 28.0 Å². The number of morpholine rings is 1. The molecule has 1 aromatic heterocycles. The topological polar surface area (TPSA) is 63.9 Å². The van der Waals surface area contributed by atoms with Crippen LogP contribution in [-0.4, -0.2) is 48.6 Å². The van der Waals surface area contributed by atoms with Crippen molar-refractivity contribution in [1.29, 1.82) is 0 Å². The molecule has 47 heavy (non-hydrogen) atoms. The van der Waals surface area contributed by atoms with E-state index in [1.54, 1.807) is 18.2 Å². The summed E-state index contributed by atoms with van der Waals surface area (Å²) < 4.78 is 13.8. The lowest BCUT2D eigenvalue weighted by molar-refractivity contribution is 0.0684. The first-order valence-corrected chi connectivity index (χ1v) is 16.6. The van der Waals surface area contributed by atoms with Crippen molar-refractivity contribution in [2.24, 2.45) is 0 Å². The molecule has 1 fully saturated rings. The van der Waals surface area contributed by atoms with E-state index in [2.05, 4.69) is 41.3 Å². The van der Waals surface area contributed by atoms with Crippen molar-refractivity contribution in [2.75, 3.05) is 37.8 Å². The van der Waals surface area contributed by atoms with Gasteiger partial charge in [0.2, 0.25) is 0 Å². The van der Waals surface area contributed by atoms with Crippen LogP contribution in [0.15, 0.2) is 103 Å². The number of para-hydroxylation sites is 2. The number of benzene rings is 5. The van der Waals surface area contributed by atoms with Crippen LogP contribution in [0, 0.1) is 0 Å². The molecule has 6 nitrogen and oxygen atoms in total. The first kappa shape index (κ1) is 31.1. The van der Waals surface area contributed by atoms with E-state index in [-0.39, 0.29) is 12.2 Å². The van der Waals surface area contributed by atoms with E-state index in [1.807, 2.05) is 53.1 Å². The number of carbonyl (C=O) groups is 1. The zero-order valence-electron chi connectivity index (χ0n) is 25.8. The molecule has 0 atom stereocenters. The third-order valence-corrected chi connectivity index (χ3v) is 9.60. The molecule has 6 aromatic rings. The van der Waals surface area contributed by atoms with Crippen LogP contribution < -0.4 is 9.64 Å². The van der Waals surface area contributed by atoms with Gasteiger partial charge in [0, 0.05) is 56.3 Å². The number of carboxylic acids is 1. The fraction of sp³-hybridized carbons (Fsp3) is 0.205. The van der Waals surface area contributed by atoms with E-state index in [1.165, 1.54) is 0 Å². The van der Waals surface area contributed by atoms with Crippen LogP contribution in [0.3, 0.4) is 0 Å². The van der Waals surface area contributed by atoms with Crippen molar-refractivity contribution in [3.8, 4) is 16.9 Å². The largest absolute Gasteiger partial charge is 0.493 e. The van der Waals surface area contributed by atoms with Gasteiger partial charge in [0.05, 0.1) is 31.9 Å². The number of rotatable bonds is 10. The fourth-order valence-electron chi connectivity index (χ4n) is 6.73. The molecule has 238 valence electrons. The Morgan fingerprint density at radius 2 is 1.43 bits per heavy atom. The number of carboxylic acid groups (broad SMARTS) is 1. The Morgan fingerprint density at radius 1 is 0.766 bits per heavy atom. The van der Waals surface area contributed by atoms with Gasteiger partial charge in [0.15, 0.2) is 0 Å². The molecule has 7 rings (SSSR count). The minimum absolute atomic E-state index is 0.208. The van der Waals surface area contributed by atoms with E-state index >= 15 is 0 Å². The van der Waals surface area contributed by atoms with Gasteiger partial charge in [-0.15, -0.1) is 0 Å². The van der Waals surface area contributed by atoms with Gasteiger partial charge in [0.25, 0.3) is 0 Å². The SMILES string of the molecule is O=C(O)c1c(CCCOc2cccc3ccccc23)c2cccc(-c3ccccc3N3CCOCC3)c2n1Cc1c(Cl)cccc1Cl. The van der Waals surface area contributed by atoms with Gasteiger partial charge in [-0.3, -0.25) is 0 Å². The number of fused-ring (bicyclic) bond motifs is 2. The number of aryl methyl sites for hydroxylation is 1. The monoisotopic (exact) mass is 664 g/mol. The van der Waals surface area contributed by atoms with E-state index in [4.69, 9.17) is 32.7 Å². The van der Waals surface area contributed by atoms with Gasteiger partial charge in [-0.1, -0.05) is 102 Å². The summed E-state index contributed by atoms with van der Waals surface area (Å²) in [5.41, 5.74) is 5.60. The van der Waals surface area contributed by atoms with Gasteiger partial charge in [-0.2, -0.15) is 0 Å². The number of aromatic nitrogens is 1. The lowest BCUT2D eigenvalue weighted by atomic mass is 9.98. The average molecular weight is 666 g/mol. The van der Waals surface area contributed by atoms with Crippen LogP contribution in [0.2, 0.25) is 10.0 Å². The third kappa shape index (κ3) is 6.17. The van der Waals surface area contributed by atoms with Crippen LogP contribution in [0.4, 0.5) is 5.69 Å². The highest BCUT2D eigenvalue weighted by molar-refractivity contribution is 6.36. The maximum atomic E-state index is 13.2. The summed E-state index contributed by atoms with van der Waals surface area (Å²) in [4.78, 5) is 15.5. The van der Waals surface area contributed by atoms with Crippen LogP contribution in [-0.2, 0) is 17.7 Å². The molecule has 1 N–H and O–H groups in total. The van der Waals surface area contributed by atoms with E-state index in [0.717, 1.165) is 62.9 Å². The molecule has 0 aliphatic carbocycles. The number of nitrogens with zero attached hydrogens (tertiary/aromatic N) is 2. The van der Waals surface area contributed by atoms with Gasteiger partial charge >= 0.3 is 5.97 Å². The molecule has 0 amide bonds. The summed E-state index contributed by atoms with van der Waals surface area (Å²) in [6.07, 6.45) is 1.14. The molecule has 0 spiro atoms. The minimum atomic E-state index is -0.998. The predicted molar refractivity (Wildman–Crippen MR) is 191 cm³/mol. The van der Waals surface area contributed by atoms with E-state index in [0.29, 0.717) is 48.3 Å². The number of anilines is 1. The first-order valence-electron chi connectivity index (χ1n) is 15.8. The van der Waals surface area contributed by atoms with E-state index in [9.17, 15) is 9.90 Å². The lowest BCUT2D eigenvalue weighted by Crippen LogP contribution is -2.36. The Hall–Kier alpha value is -4.49. The van der Waals surface area contributed by atoms with Gasteiger partial charge in [-0.25, -0.2) is 4.79 Å². The van der Waals surface area contributed by atoms with Gasteiger partial charge in [-0.05, 0) is 48.1 Å². The molecule has 0 saturated carbocycles. The van der Waals surface area contributed by atoms with Crippen molar-refractivity contribution in [3.63, 3.8) is 0 Å². The molecule has 1 aliphatic rings. The number of halogens is 2. The maximum Gasteiger partial charge on any atom is 0.352 e. The highest BCUT2D eigenvalue weighted by Crippen LogP contribution is 2.40. The highest BCUT2D eigenvalue weighted by atomic mass is 35.5. The second-order valence-electron chi connectivity index (χ2n) is 11.7. The summed E-state index contributed by atoms with van der Waals surface area (Å²) in [6, 6.07) is 34.0. The number of aromatic carboxylic acids is 1. The molecule has 0 unspecified atom stereocenters. The lowest BCUT2D eigenvalue weighted by Gasteiger charge is -2.31. The van der Waals surface area contributed by atoms with E-state index < -0.39 is 5.97 Å². The number of hydrogen-bond acceptors (Lipinski definition) is 4. The smallest absolute Gasteiger partial charge is 0.352 e. The molecule has 8 heteroatoms. The zero-order chi connectivity index (χ0) is 32.3. The summed E-state index contributed by atoms with van der Waals surface area (Å²) in [7, 11) is 0. The number of hydrogen-bond donors (Lipinski definition) is 1. The van der Waals surface area contributed by atoms with Crippen LogP contribution in [0.5, 0.6) is 5.75 Å². The molecule has 0 radical (unpaired) electrons. The van der Waals surface area contributed by atoms with Crippen LogP contribution in [0.25, 0.3) is 32.8 Å². The second kappa shape index (κ2) is 13.7. The van der Waals surface area contributed by atoms with Crippen LogP contribution >= 0.6 is 23.2 Å².